The number of hydrogen-bond donors (Lipinski definition) is 3. The molecule has 0 saturated carbocycles. The number of carboxylic acid groups (broad SMARTS) is 1. The van der Waals surface area contributed by atoms with Gasteiger partial charge in [0.25, 0.3) is 5.91 Å². The summed E-state index contributed by atoms with van der Waals surface area (Å²) in [4.78, 5) is 22.7. The molecular formula is C20H21Br2ClN2O4. The molecule has 29 heavy (non-hydrogen) atoms. The van der Waals surface area contributed by atoms with E-state index in [4.69, 9.17) is 21.4 Å². The fourth-order valence-corrected chi connectivity index (χ4v) is 4.06. The van der Waals surface area contributed by atoms with Crippen molar-refractivity contribution in [2.75, 3.05) is 11.9 Å². The summed E-state index contributed by atoms with van der Waals surface area (Å²) in [7, 11) is 0. The molecule has 1 atom stereocenters. The summed E-state index contributed by atoms with van der Waals surface area (Å²) in [6, 6.07) is 9.16. The molecule has 0 spiro atoms. The Morgan fingerprint density at radius 1 is 1.24 bits per heavy atom. The summed E-state index contributed by atoms with van der Waals surface area (Å²) in [5.41, 5.74) is 1.97. The average molecular weight is 549 g/mol. The molecule has 9 heteroatoms. The first-order valence-corrected chi connectivity index (χ1v) is 10.8. The Bertz CT molecular complexity index is 885. The highest BCUT2D eigenvalue weighted by Crippen LogP contribution is 2.36. The van der Waals surface area contributed by atoms with Crippen LogP contribution in [0.3, 0.4) is 0 Å². The first-order chi connectivity index (χ1) is 13.7. The summed E-state index contributed by atoms with van der Waals surface area (Å²) in [6.07, 6.45) is 0.976. The van der Waals surface area contributed by atoms with E-state index in [0.29, 0.717) is 31.3 Å². The Balaban J connectivity index is 2.14. The Kier molecular flexibility index (Phi) is 8.79. The van der Waals surface area contributed by atoms with Crippen molar-refractivity contribution in [1.82, 2.24) is 5.32 Å². The Morgan fingerprint density at radius 2 is 1.90 bits per heavy atom. The molecule has 2 aromatic rings. The van der Waals surface area contributed by atoms with Crippen LogP contribution < -0.4 is 15.4 Å². The number of aliphatic carboxylic acids is 1. The fraction of sp³-hybridized carbons (Fsp3) is 0.300. The van der Waals surface area contributed by atoms with Crippen molar-refractivity contribution >= 4 is 61.0 Å². The van der Waals surface area contributed by atoms with Crippen LogP contribution in [0.1, 0.15) is 36.2 Å². The molecule has 0 radical (unpaired) electrons. The zero-order valence-electron chi connectivity index (χ0n) is 15.9. The van der Waals surface area contributed by atoms with Gasteiger partial charge in [0.1, 0.15) is 18.9 Å². The minimum atomic E-state index is -1.11. The molecule has 0 aliphatic heterocycles. The van der Waals surface area contributed by atoms with Gasteiger partial charge in [0.2, 0.25) is 0 Å². The number of carbonyl (C=O) groups excluding carboxylic acids is 1. The number of halogens is 3. The molecule has 0 aliphatic carbocycles. The lowest BCUT2D eigenvalue weighted by molar-refractivity contribution is -0.135. The first kappa shape index (κ1) is 23.5. The molecule has 1 amide bonds. The van der Waals surface area contributed by atoms with Gasteiger partial charge in [0.05, 0.1) is 19.7 Å². The molecular weight excluding hydrogens is 527 g/mol. The third kappa shape index (κ3) is 6.62. The SMILES string of the molecule is CCC(C)Nc1cccc(COc2c(Br)cc(C(=O)NCC(=O)O)cc2Br)c1Cl. The molecule has 1 unspecified atom stereocenters. The molecule has 2 aromatic carbocycles. The smallest absolute Gasteiger partial charge is 0.322 e. The molecule has 0 bridgehead atoms. The first-order valence-electron chi connectivity index (χ1n) is 8.88. The summed E-state index contributed by atoms with van der Waals surface area (Å²) in [6.45, 7) is 3.96. The van der Waals surface area contributed by atoms with Gasteiger partial charge in [-0.15, -0.1) is 0 Å². The van der Waals surface area contributed by atoms with Crippen LogP contribution in [0.25, 0.3) is 0 Å². The van der Waals surface area contributed by atoms with Crippen LogP contribution in [-0.4, -0.2) is 29.6 Å². The Hall–Kier alpha value is -1.77. The van der Waals surface area contributed by atoms with Crippen LogP contribution in [0, 0.1) is 0 Å². The lowest BCUT2D eigenvalue weighted by Crippen LogP contribution is -2.29. The molecule has 0 heterocycles. The van der Waals surface area contributed by atoms with Gasteiger partial charge in [0, 0.05) is 17.2 Å². The second kappa shape index (κ2) is 10.8. The second-order valence-electron chi connectivity index (χ2n) is 6.37. The van der Waals surface area contributed by atoms with Gasteiger partial charge in [-0.2, -0.15) is 0 Å². The number of amides is 1. The zero-order chi connectivity index (χ0) is 21.6. The fourth-order valence-electron chi connectivity index (χ4n) is 2.41. The third-order valence-electron chi connectivity index (χ3n) is 4.13. The average Bonchev–Trinajstić information content (AvgIpc) is 2.67. The van der Waals surface area contributed by atoms with Crippen LogP contribution in [0.2, 0.25) is 5.02 Å². The summed E-state index contributed by atoms with van der Waals surface area (Å²) < 4.78 is 7.03. The minimum absolute atomic E-state index is 0.233. The molecule has 0 aromatic heterocycles. The van der Waals surface area contributed by atoms with E-state index in [9.17, 15) is 9.59 Å². The van der Waals surface area contributed by atoms with Crippen molar-refractivity contribution in [2.45, 2.75) is 32.9 Å². The van der Waals surface area contributed by atoms with Gasteiger partial charge in [0.15, 0.2) is 0 Å². The highest BCUT2D eigenvalue weighted by atomic mass is 79.9. The lowest BCUT2D eigenvalue weighted by atomic mass is 10.1. The zero-order valence-corrected chi connectivity index (χ0v) is 19.8. The largest absolute Gasteiger partial charge is 0.486 e. The second-order valence-corrected chi connectivity index (χ2v) is 8.45. The van der Waals surface area contributed by atoms with Gasteiger partial charge in [-0.3, -0.25) is 9.59 Å². The number of nitrogens with one attached hydrogen (secondary N) is 2. The van der Waals surface area contributed by atoms with E-state index >= 15 is 0 Å². The van der Waals surface area contributed by atoms with E-state index in [1.165, 1.54) is 0 Å². The molecule has 0 saturated heterocycles. The predicted molar refractivity (Wildman–Crippen MR) is 121 cm³/mol. The normalized spacial score (nSPS) is 11.6. The van der Waals surface area contributed by atoms with Crippen molar-refractivity contribution in [1.29, 1.82) is 0 Å². The Labute approximate surface area is 191 Å². The van der Waals surface area contributed by atoms with E-state index in [1.54, 1.807) is 12.1 Å². The summed E-state index contributed by atoms with van der Waals surface area (Å²) in [5, 5.41) is 15.0. The number of carbonyl (C=O) groups is 2. The molecule has 156 valence electrons. The van der Waals surface area contributed by atoms with Gasteiger partial charge in [-0.05, 0) is 63.4 Å². The third-order valence-corrected chi connectivity index (χ3v) is 5.75. The van der Waals surface area contributed by atoms with Crippen molar-refractivity contribution in [3.8, 4) is 5.75 Å². The maximum atomic E-state index is 12.1. The van der Waals surface area contributed by atoms with E-state index in [-0.39, 0.29) is 6.61 Å². The maximum absolute atomic E-state index is 12.1. The van der Waals surface area contributed by atoms with E-state index in [1.807, 2.05) is 18.2 Å². The number of anilines is 1. The maximum Gasteiger partial charge on any atom is 0.322 e. The molecule has 3 N–H and O–H groups in total. The van der Waals surface area contributed by atoms with Crippen molar-refractivity contribution < 1.29 is 19.4 Å². The predicted octanol–water partition coefficient (Wildman–Crippen LogP) is 5.47. The van der Waals surface area contributed by atoms with Crippen molar-refractivity contribution in [3.05, 3.63) is 55.4 Å². The van der Waals surface area contributed by atoms with Gasteiger partial charge in [-0.1, -0.05) is 30.7 Å². The summed E-state index contributed by atoms with van der Waals surface area (Å²) in [5.74, 6) is -1.10. The number of hydrogen-bond acceptors (Lipinski definition) is 4. The summed E-state index contributed by atoms with van der Waals surface area (Å²) >= 11 is 13.3. The minimum Gasteiger partial charge on any atom is -0.486 e. The monoisotopic (exact) mass is 546 g/mol. The standard InChI is InChI=1S/C20H21Br2ClN2O4/c1-3-11(2)25-16-6-4-5-12(18(16)23)10-29-19-14(21)7-13(8-15(19)22)20(28)24-9-17(26)27/h4-8,11,25H,3,9-10H2,1-2H3,(H,24,28)(H,26,27). The van der Waals surface area contributed by atoms with Crippen LogP contribution in [0.15, 0.2) is 39.3 Å². The lowest BCUT2D eigenvalue weighted by Gasteiger charge is -2.17. The van der Waals surface area contributed by atoms with Gasteiger partial charge < -0.3 is 20.5 Å². The van der Waals surface area contributed by atoms with Gasteiger partial charge >= 0.3 is 5.97 Å². The van der Waals surface area contributed by atoms with Crippen LogP contribution in [0.5, 0.6) is 5.75 Å². The topological polar surface area (TPSA) is 87.7 Å². The van der Waals surface area contributed by atoms with E-state index in [0.717, 1.165) is 17.7 Å². The van der Waals surface area contributed by atoms with Gasteiger partial charge in [-0.25, -0.2) is 0 Å². The highest BCUT2D eigenvalue weighted by Gasteiger charge is 2.15. The van der Waals surface area contributed by atoms with Crippen molar-refractivity contribution in [3.63, 3.8) is 0 Å². The number of carboxylic acids is 1. The molecule has 0 aliphatic rings. The van der Waals surface area contributed by atoms with Crippen LogP contribution in [-0.2, 0) is 11.4 Å². The number of ether oxygens (including phenoxy) is 1. The number of rotatable bonds is 9. The Morgan fingerprint density at radius 3 is 2.48 bits per heavy atom. The molecule has 2 rings (SSSR count). The van der Waals surface area contributed by atoms with Crippen LogP contribution >= 0.6 is 43.5 Å². The quantitative estimate of drug-likeness (QED) is 0.387. The van der Waals surface area contributed by atoms with Crippen molar-refractivity contribution in [2.24, 2.45) is 0 Å². The highest BCUT2D eigenvalue weighted by molar-refractivity contribution is 9.11. The van der Waals surface area contributed by atoms with E-state index < -0.39 is 18.4 Å². The molecule has 0 fully saturated rings. The number of benzene rings is 2. The van der Waals surface area contributed by atoms with E-state index in [2.05, 4.69) is 56.3 Å². The molecule has 6 nitrogen and oxygen atoms in total. The van der Waals surface area contributed by atoms with Crippen LogP contribution in [0.4, 0.5) is 5.69 Å².